The molecule has 2 fully saturated rings. The summed E-state index contributed by atoms with van der Waals surface area (Å²) in [6.45, 7) is 5.27. The number of fused-ring (bicyclic) bond motifs is 2. The standard InChI is InChI=1S/C28H30ClFN8O2S/c1-13-8-15(14(2)32-20-6-7-21(29)33-24(20)26(39)35-41-5)23-16(9-13)27(40)36(3)28(34-23)38-11-17-18(12-38)22(17)25-19(30)10-31-37(25)4/h6-10,14,17-18,22,32H,11-12H2,1-5H3,(H,35,39). The lowest BCUT2D eigenvalue weighted by Gasteiger charge is -2.25. The molecule has 13 heteroatoms. The van der Waals surface area contributed by atoms with E-state index in [2.05, 4.69) is 25.0 Å². The van der Waals surface area contributed by atoms with Gasteiger partial charge in [0.2, 0.25) is 5.95 Å². The molecule has 3 atom stereocenters. The first-order valence-electron chi connectivity index (χ1n) is 13.3. The number of pyridine rings is 1. The van der Waals surface area contributed by atoms with Crippen LogP contribution in [0.2, 0.25) is 5.15 Å². The maximum atomic E-state index is 14.4. The first-order valence-corrected chi connectivity index (χ1v) is 14.9. The molecule has 4 aromatic rings. The molecule has 4 heterocycles. The molecule has 10 nitrogen and oxygen atoms in total. The molecule has 2 aliphatic rings. The minimum Gasteiger partial charge on any atom is -0.377 e. The van der Waals surface area contributed by atoms with Crippen molar-refractivity contribution in [2.75, 3.05) is 29.6 Å². The normalized spacial score (nSPS) is 20.3. The molecule has 3 unspecified atom stereocenters. The summed E-state index contributed by atoms with van der Waals surface area (Å²) in [6, 6.07) is 6.88. The molecule has 214 valence electrons. The summed E-state index contributed by atoms with van der Waals surface area (Å²) in [5.74, 6) is 0.660. The Bertz CT molecular complexity index is 1730. The van der Waals surface area contributed by atoms with Gasteiger partial charge in [0.15, 0.2) is 11.5 Å². The molecule has 0 spiro atoms. The summed E-state index contributed by atoms with van der Waals surface area (Å²) in [5.41, 5.74) is 3.55. The summed E-state index contributed by atoms with van der Waals surface area (Å²) in [6.07, 6.45) is 3.02. The number of aryl methyl sites for hydroxylation is 2. The van der Waals surface area contributed by atoms with Crippen LogP contribution in [0.5, 0.6) is 0 Å². The van der Waals surface area contributed by atoms with Crippen LogP contribution in [0.15, 0.2) is 35.3 Å². The van der Waals surface area contributed by atoms with Crippen molar-refractivity contribution in [1.82, 2.24) is 29.0 Å². The SMILES string of the molecule is CSNC(=O)c1nc(Cl)ccc1NC(C)c1cc(C)cc2c(=O)n(C)c(N3CC4C(C3)C4c3c(F)cnn3C)nc12. The second-order valence-electron chi connectivity index (χ2n) is 10.8. The number of carbonyl (C=O) groups excluding carboxylic acids is 1. The molecule has 1 amide bonds. The third-order valence-corrected chi connectivity index (χ3v) is 8.77. The number of nitrogens with one attached hydrogen (secondary N) is 2. The van der Waals surface area contributed by atoms with Crippen molar-refractivity contribution in [3.63, 3.8) is 0 Å². The topological polar surface area (TPSA) is 110 Å². The summed E-state index contributed by atoms with van der Waals surface area (Å²) < 4.78 is 20.3. The van der Waals surface area contributed by atoms with Gasteiger partial charge >= 0.3 is 0 Å². The highest BCUT2D eigenvalue weighted by molar-refractivity contribution is 7.97. The number of anilines is 2. The monoisotopic (exact) mass is 596 g/mol. The van der Waals surface area contributed by atoms with Crippen molar-refractivity contribution in [1.29, 1.82) is 0 Å². The maximum Gasteiger partial charge on any atom is 0.281 e. The first-order chi connectivity index (χ1) is 19.6. The van der Waals surface area contributed by atoms with Crippen LogP contribution in [0.25, 0.3) is 10.9 Å². The van der Waals surface area contributed by atoms with Crippen LogP contribution in [0.4, 0.5) is 16.0 Å². The summed E-state index contributed by atoms with van der Waals surface area (Å²) in [5, 5.41) is 8.18. The second kappa shape index (κ2) is 10.3. The highest BCUT2D eigenvalue weighted by Crippen LogP contribution is 2.58. The first kappa shape index (κ1) is 27.5. The minimum absolute atomic E-state index is 0.129. The van der Waals surface area contributed by atoms with E-state index in [4.69, 9.17) is 16.6 Å². The van der Waals surface area contributed by atoms with Gasteiger partial charge < -0.3 is 10.2 Å². The zero-order valence-corrected chi connectivity index (χ0v) is 24.8. The molecule has 1 aliphatic carbocycles. The number of aromatic nitrogens is 5. The van der Waals surface area contributed by atoms with E-state index in [-0.39, 0.29) is 51.9 Å². The molecule has 6 rings (SSSR count). The van der Waals surface area contributed by atoms with Crippen LogP contribution in [-0.4, -0.2) is 49.6 Å². The van der Waals surface area contributed by atoms with Crippen molar-refractivity contribution >= 4 is 52.0 Å². The Kier molecular flexibility index (Phi) is 6.93. The highest BCUT2D eigenvalue weighted by atomic mass is 35.5. The Morgan fingerprint density at radius 3 is 2.59 bits per heavy atom. The fourth-order valence-corrected chi connectivity index (χ4v) is 6.65. The van der Waals surface area contributed by atoms with Gasteiger partial charge in [0, 0.05) is 44.9 Å². The molecule has 1 saturated carbocycles. The number of rotatable bonds is 7. The number of carbonyl (C=O) groups is 1. The summed E-state index contributed by atoms with van der Waals surface area (Å²) in [7, 11) is 3.52. The fraction of sp³-hybridized carbons (Fsp3) is 0.393. The van der Waals surface area contributed by atoms with E-state index < -0.39 is 0 Å². The van der Waals surface area contributed by atoms with Crippen molar-refractivity contribution in [2.24, 2.45) is 25.9 Å². The maximum absolute atomic E-state index is 14.4. The van der Waals surface area contributed by atoms with Gasteiger partial charge in [-0.25, -0.2) is 14.4 Å². The Morgan fingerprint density at radius 1 is 1.20 bits per heavy atom. The van der Waals surface area contributed by atoms with Crippen molar-refractivity contribution < 1.29 is 9.18 Å². The van der Waals surface area contributed by atoms with E-state index in [9.17, 15) is 14.0 Å². The molecule has 1 aromatic carbocycles. The third-order valence-electron chi connectivity index (χ3n) is 8.17. The quantitative estimate of drug-likeness (QED) is 0.241. The van der Waals surface area contributed by atoms with Crippen LogP contribution >= 0.6 is 23.5 Å². The number of piperidine rings is 1. The summed E-state index contributed by atoms with van der Waals surface area (Å²) >= 11 is 7.27. The van der Waals surface area contributed by atoms with Gasteiger partial charge in [-0.3, -0.25) is 23.6 Å². The van der Waals surface area contributed by atoms with Gasteiger partial charge in [-0.1, -0.05) is 29.6 Å². The molecule has 0 radical (unpaired) electrons. The minimum atomic E-state index is -0.366. The molecule has 41 heavy (non-hydrogen) atoms. The molecular weight excluding hydrogens is 567 g/mol. The molecule has 1 saturated heterocycles. The van der Waals surface area contributed by atoms with Crippen LogP contribution in [0.1, 0.15) is 46.2 Å². The second-order valence-corrected chi connectivity index (χ2v) is 11.8. The lowest BCUT2D eigenvalue weighted by molar-refractivity contribution is 0.0980. The van der Waals surface area contributed by atoms with Crippen LogP contribution in [0, 0.1) is 24.6 Å². The van der Waals surface area contributed by atoms with Crippen molar-refractivity contribution in [3.8, 4) is 0 Å². The number of amides is 1. The zero-order valence-electron chi connectivity index (χ0n) is 23.3. The lowest BCUT2D eigenvalue weighted by Crippen LogP contribution is -2.32. The van der Waals surface area contributed by atoms with Gasteiger partial charge in [0.1, 0.15) is 5.15 Å². The molecule has 2 N–H and O–H groups in total. The van der Waals surface area contributed by atoms with E-state index in [1.807, 2.05) is 26.0 Å². The Labute approximate surface area is 245 Å². The van der Waals surface area contributed by atoms with E-state index in [0.29, 0.717) is 41.3 Å². The number of nitrogens with zero attached hydrogens (tertiary/aromatic N) is 6. The summed E-state index contributed by atoms with van der Waals surface area (Å²) in [4.78, 5) is 37.7. The van der Waals surface area contributed by atoms with Crippen LogP contribution in [0.3, 0.4) is 0 Å². The Balaban J connectivity index is 1.34. The van der Waals surface area contributed by atoms with E-state index >= 15 is 0 Å². The molecule has 1 aliphatic heterocycles. The van der Waals surface area contributed by atoms with Gasteiger partial charge in [-0.2, -0.15) is 5.10 Å². The van der Waals surface area contributed by atoms with Crippen molar-refractivity contribution in [3.05, 3.63) is 74.3 Å². The number of halogens is 2. The van der Waals surface area contributed by atoms with Gasteiger partial charge in [-0.15, -0.1) is 0 Å². The highest BCUT2D eigenvalue weighted by Gasteiger charge is 2.58. The molecular formula is C28H30ClFN8O2S. The lowest BCUT2D eigenvalue weighted by atomic mass is 10.0. The van der Waals surface area contributed by atoms with Gasteiger partial charge in [0.05, 0.1) is 34.5 Å². The average molecular weight is 597 g/mol. The van der Waals surface area contributed by atoms with Gasteiger partial charge in [-0.05, 0) is 49.4 Å². The zero-order chi connectivity index (χ0) is 29.2. The van der Waals surface area contributed by atoms with Crippen molar-refractivity contribution in [2.45, 2.75) is 25.8 Å². The fourth-order valence-electron chi connectivity index (χ4n) is 6.22. The average Bonchev–Trinajstić information content (AvgIpc) is 3.23. The number of hydrogen-bond acceptors (Lipinski definition) is 8. The predicted molar refractivity (Wildman–Crippen MR) is 159 cm³/mol. The van der Waals surface area contributed by atoms with Gasteiger partial charge in [0.25, 0.3) is 11.5 Å². The Morgan fingerprint density at radius 2 is 1.93 bits per heavy atom. The van der Waals surface area contributed by atoms with E-state index in [1.54, 1.807) is 41.7 Å². The van der Waals surface area contributed by atoms with Crippen LogP contribution < -0.4 is 20.5 Å². The molecule has 0 bridgehead atoms. The Hall–Kier alpha value is -3.64. The molecule has 3 aromatic heterocycles. The van der Waals surface area contributed by atoms with E-state index in [1.165, 1.54) is 18.1 Å². The third kappa shape index (κ3) is 4.72. The number of benzene rings is 1. The van der Waals surface area contributed by atoms with Crippen LogP contribution in [-0.2, 0) is 14.1 Å². The largest absolute Gasteiger partial charge is 0.377 e. The smallest absolute Gasteiger partial charge is 0.281 e. The predicted octanol–water partition coefficient (Wildman–Crippen LogP) is 4.19. The number of hydrogen-bond donors (Lipinski definition) is 2. The van der Waals surface area contributed by atoms with E-state index in [0.717, 1.165) is 11.1 Å².